The van der Waals surface area contributed by atoms with Gasteiger partial charge in [-0.1, -0.05) is 51.5 Å². The largest absolute Gasteiger partial charge is 0.378 e. The normalized spacial score (nSPS) is 16.5. The zero-order chi connectivity index (χ0) is 22.4. The Morgan fingerprint density at radius 3 is 2.29 bits per heavy atom. The van der Waals surface area contributed by atoms with E-state index in [0.717, 1.165) is 56.8 Å². The van der Waals surface area contributed by atoms with Crippen molar-refractivity contribution in [1.82, 2.24) is 4.90 Å². The Hall–Kier alpha value is -2.17. The van der Waals surface area contributed by atoms with Crippen LogP contribution in [-0.4, -0.2) is 56.6 Å². The van der Waals surface area contributed by atoms with Crippen LogP contribution in [0, 0.1) is 0 Å². The molecule has 1 aliphatic heterocycles. The average Bonchev–Trinajstić information content (AvgIpc) is 2.79. The number of ether oxygens (including phenoxy) is 1. The lowest BCUT2D eigenvalue weighted by Gasteiger charge is -2.39. The van der Waals surface area contributed by atoms with E-state index in [1.54, 1.807) is 0 Å². The van der Waals surface area contributed by atoms with Gasteiger partial charge in [0.1, 0.15) is 0 Å². The molecule has 1 fully saturated rings. The van der Waals surface area contributed by atoms with Gasteiger partial charge in [0.25, 0.3) is 0 Å². The maximum Gasteiger partial charge on any atom is 0.183 e. The summed E-state index contributed by atoms with van der Waals surface area (Å²) in [7, 11) is 4.10. The Balaban J connectivity index is 1.93. The van der Waals surface area contributed by atoms with Crippen molar-refractivity contribution in [2.45, 2.75) is 51.5 Å². The monoisotopic (exact) mass is 422 g/mol. The smallest absolute Gasteiger partial charge is 0.183 e. The minimum absolute atomic E-state index is 0.214. The molecule has 0 bridgehead atoms. The van der Waals surface area contributed by atoms with Gasteiger partial charge in [0.15, 0.2) is 5.78 Å². The quantitative estimate of drug-likeness (QED) is 0.522. The summed E-state index contributed by atoms with van der Waals surface area (Å²) in [6.45, 7) is 9.94. The summed E-state index contributed by atoms with van der Waals surface area (Å²) in [5, 5.41) is 0. The standard InChI is InChI=1S/C27H38N2O2/c1-6-15-27(28(4)5,20-23-9-7-8-10-25(23)21(2)3)26(30)22-11-13-24(14-12-22)29-16-18-31-19-17-29/h7-14,21H,6,15-20H2,1-5H3. The van der Waals surface area contributed by atoms with Gasteiger partial charge in [-0.25, -0.2) is 0 Å². The van der Waals surface area contributed by atoms with Gasteiger partial charge in [-0.2, -0.15) is 0 Å². The molecule has 1 heterocycles. The van der Waals surface area contributed by atoms with E-state index in [9.17, 15) is 4.79 Å². The Labute approximate surface area is 188 Å². The molecule has 1 atom stereocenters. The second-order valence-corrected chi connectivity index (χ2v) is 9.18. The van der Waals surface area contributed by atoms with E-state index in [0.29, 0.717) is 5.92 Å². The lowest BCUT2D eigenvalue weighted by atomic mass is 9.77. The SMILES string of the molecule is CCCC(Cc1ccccc1C(C)C)(C(=O)c1ccc(N2CCOCC2)cc1)N(C)C. The van der Waals surface area contributed by atoms with Crippen molar-refractivity contribution in [3.63, 3.8) is 0 Å². The van der Waals surface area contributed by atoms with Crippen molar-refractivity contribution < 1.29 is 9.53 Å². The summed E-state index contributed by atoms with van der Waals surface area (Å²) in [6.07, 6.45) is 2.52. The van der Waals surface area contributed by atoms with Crippen LogP contribution in [0.5, 0.6) is 0 Å². The number of ketones is 1. The number of benzene rings is 2. The summed E-state index contributed by atoms with van der Waals surface area (Å²) in [6, 6.07) is 16.8. The number of rotatable bonds is 9. The van der Waals surface area contributed by atoms with Gasteiger partial charge in [-0.3, -0.25) is 9.69 Å². The third kappa shape index (κ3) is 5.19. The Kier molecular flexibility index (Phi) is 7.90. The molecule has 2 aromatic carbocycles. The van der Waals surface area contributed by atoms with Crippen LogP contribution in [-0.2, 0) is 11.2 Å². The summed E-state index contributed by atoms with van der Waals surface area (Å²) in [5.41, 5.74) is 4.01. The predicted octanol–water partition coefficient (Wildman–Crippen LogP) is 5.17. The van der Waals surface area contributed by atoms with E-state index in [1.807, 2.05) is 26.2 Å². The highest BCUT2D eigenvalue weighted by molar-refractivity contribution is 6.03. The second-order valence-electron chi connectivity index (χ2n) is 9.18. The first-order valence-corrected chi connectivity index (χ1v) is 11.6. The van der Waals surface area contributed by atoms with E-state index in [1.165, 1.54) is 11.1 Å². The summed E-state index contributed by atoms with van der Waals surface area (Å²) >= 11 is 0. The highest BCUT2D eigenvalue weighted by Gasteiger charge is 2.40. The summed E-state index contributed by atoms with van der Waals surface area (Å²) < 4.78 is 5.46. The number of morpholine rings is 1. The zero-order valence-corrected chi connectivity index (χ0v) is 19.9. The minimum Gasteiger partial charge on any atom is -0.378 e. The second kappa shape index (κ2) is 10.4. The van der Waals surface area contributed by atoms with Crippen LogP contribution in [0.15, 0.2) is 48.5 Å². The molecular weight excluding hydrogens is 384 g/mol. The molecule has 4 nitrogen and oxygen atoms in total. The molecule has 0 amide bonds. The number of carbonyl (C=O) groups excluding carboxylic acids is 1. The highest BCUT2D eigenvalue weighted by Crippen LogP contribution is 2.32. The predicted molar refractivity (Wildman–Crippen MR) is 129 cm³/mol. The maximum absolute atomic E-state index is 14.0. The Bertz CT molecular complexity index is 854. The van der Waals surface area contributed by atoms with Crippen LogP contribution in [0.3, 0.4) is 0 Å². The van der Waals surface area contributed by atoms with Crippen LogP contribution >= 0.6 is 0 Å². The fourth-order valence-electron chi connectivity index (χ4n) is 4.77. The number of hydrogen-bond acceptors (Lipinski definition) is 4. The molecule has 2 aromatic rings. The number of Topliss-reactive ketones (excluding diaryl/α,β-unsaturated/α-hetero) is 1. The molecule has 1 saturated heterocycles. The first-order chi connectivity index (χ1) is 14.9. The fourth-order valence-corrected chi connectivity index (χ4v) is 4.77. The van der Waals surface area contributed by atoms with E-state index in [4.69, 9.17) is 4.74 Å². The van der Waals surface area contributed by atoms with E-state index >= 15 is 0 Å². The van der Waals surface area contributed by atoms with Gasteiger partial charge in [0.2, 0.25) is 0 Å². The molecule has 0 saturated carbocycles. The molecule has 1 aliphatic rings. The van der Waals surface area contributed by atoms with Crippen LogP contribution in [0.4, 0.5) is 5.69 Å². The number of nitrogens with zero attached hydrogens (tertiary/aromatic N) is 2. The van der Waals surface area contributed by atoms with Crippen LogP contribution in [0.1, 0.15) is 61.0 Å². The molecular formula is C27H38N2O2. The van der Waals surface area contributed by atoms with E-state index < -0.39 is 5.54 Å². The first kappa shape index (κ1) is 23.5. The van der Waals surface area contributed by atoms with Gasteiger partial charge < -0.3 is 9.64 Å². The number of carbonyl (C=O) groups is 1. The molecule has 168 valence electrons. The van der Waals surface area contributed by atoms with Gasteiger partial charge >= 0.3 is 0 Å². The average molecular weight is 423 g/mol. The maximum atomic E-state index is 14.0. The number of hydrogen-bond donors (Lipinski definition) is 0. The molecule has 31 heavy (non-hydrogen) atoms. The molecule has 0 radical (unpaired) electrons. The van der Waals surface area contributed by atoms with Crippen molar-refractivity contribution in [3.05, 3.63) is 65.2 Å². The highest BCUT2D eigenvalue weighted by atomic mass is 16.5. The van der Waals surface area contributed by atoms with Gasteiger partial charge in [-0.15, -0.1) is 0 Å². The van der Waals surface area contributed by atoms with Crippen LogP contribution in [0.2, 0.25) is 0 Å². The lowest BCUT2D eigenvalue weighted by molar-refractivity contribution is 0.0650. The molecule has 4 heteroatoms. The lowest BCUT2D eigenvalue weighted by Crippen LogP contribution is -2.53. The molecule has 0 spiro atoms. The molecule has 1 unspecified atom stereocenters. The zero-order valence-electron chi connectivity index (χ0n) is 19.9. The third-order valence-corrected chi connectivity index (χ3v) is 6.61. The van der Waals surface area contributed by atoms with Crippen LogP contribution < -0.4 is 4.90 Å². The molecule has 3 rings (SSSR count). The fraction of sp³-hybridized carbons (Fsp3) is 0.519. The van der Waals surface area contributed by atoms with Crippen LogP contribution in [0.25, 0.3) is 0 Å². The molecule has 0 N–H and O–H groups in total. The summed E-state index contributed by atoms with van der Waals surface area (Å²) in [5.74, 6) is 0.645. The molecule has 0 aromatic heterocycles. The van der Waals surface area contributed by atoms with Crippen molar-refractivity contribution in [3.8, 4) is 0 Å². The van der Waals surface area contributed by atoms with Crippen molar-refractivity contribution in [2.75, 3.05) is 45.3 Å². The van der Waals surface area contributed by atoms with Gasteiger partial charge in [0.05, 0.1) is 18.8 Å². The topological polar surface area (TPSA) is 32.8 Å². The van der Waals surface area contributed by atoms with E-state index in [-0.39, 0.29) is 5.78 Å². The third-order valence-electron chi connectivity index (χ3n) is 6.61. The first-order valence-electron chi connectivity index (χ1n) is 11.6. The van der Waals surface area contributed by atoms with Gasteiger partial charge in [0, 0.05) is 24.3 Å². The van der Waals surface area contributed by atoms with Crippen molar-refractivity contribution in [2.24, 2.45) is 0 Å². The van der Waals surface area contributed by atoms with Crippen molar-refractivity contribution in [1.29, 1.82) is 0 Å². The minimum atomic E-state index is -0.555. The van der Waals surface area contributed by atoms with Crippen molar-refractivity contribution >= 4 is 11.5 Å². The number of anilines is 1. The van der Waals surface area contributed by atoms with Gasteiger partial charge in [-0.05, 0) is 68.2 Å². The Morgan fingerprint density at radius 1 is 1.06 bits per heavy atom. The summed E-state index contributed by atoms with van der Waals surface area (Å²) in [4.78, 5) is 18.5. The van der Waals surface area contributed by atoms with E-state index in [2.05, 4.69) is 67.0 Å². The number of likely N-dealkylation sites (N-methyl/N-ethyl adjacent to an activating group) is 1. The molecule has 0 aliphatic carbocycles. The Morgan fingerprint density at radius 2 is 1.71 bits per heavy atom.